The minimum absolute atomic E-state index is 0.169. The zero-order chi connectivity index (χ0) is 23.6. The molecule has 3 aromatic rings. The molecule has 3 aromatic carbocycles. The molecule has 0 N–H and O–H groups in total. The van der Waals surface area contributed by atoms with Gasteiger partial charge in [-0.3, -0.25) is 4.79 Å². The number of rotatable bonds is 9. The van der Waals surface area contributed by atoms with Gasteiger partial charge in [0.05, 0.1) is 21.3 Å². The van der Waals surface area contributed by atoms with E-state index < -0.39 is 0 Å². The van der Waals surface area contributed by atoms with E-state index in [-0.39, 0.29) is 5.78 Å². The SMILES string of the molecule is COc1ccc(/C=C/c2cc(OC)cc(OC)c2/C=C/C(=O)/C=C/c2ccccc2Cl)cc1. The lowest BCUT2D eigenvalue weighted by Crippen LogP contribution is -1.94. The largest absolute Gasteiger partial charge is 0.497 e. The first-order valence-electron chi connectivity index (χ1n) is 10.3. The highest BCUT2D eigenvalue weighted by Crippen LogP contribution is 2.31. The maximum absolute atomic E-state index is 12.5. The Hall–Kier alpha value is -3.76. The minimum atomic E-state index is -0.169. The van der Waals surface area contributed by atoms with Crippen LogP contribution in [0.2, 0.25) is 5.02 Å². The smallest absolute Gasteiger partial charge is 0.178 e. The Bertz CT molecular complexity index is 1190. The van der Waals surface area contributed by atoms with Gasteiger partial charge in [-0.25, -0.2) is 0 Å². The standard InChI is InChI=1S/C28H25ClO4/c1-31-24-15-9-20(10-16-24)8-11-22-18-25(32-2)19-28(33-3)26(22)17-14-23(30)13-12-21-6-4-5-7-27(21)29/h4-19H,1-3H3/b11-8+,13-12+,17-14+. The monoisotopic (exact) mass is 460 g/mol. The zero-order valence-corrected chi connectivity index (χ0v) is 19.5. The van der Waals surface area contributed by atoms with E-state index >= 15 is 0 Å². The Morgan fingerprint density at radius 1 is 0.727 bits per heavy atom. The summed E-state index contributed by atoms with van der Waals surface area (Å²) in [5, 5.41) is 0.591. The summed E-state index contributed by atoms with van der Waals surface area (Å²) in [7, 11) is 4.82. The molecule has 33 heavy (non-hydrogen) atoms. The molecule has 0 atom stereocenters. The Morgan fingerprint density at radius 2 is 1.42 bits per heavy atom. The van der Waals surface area contributed by atoms with Gasteiger partial charge in [0.1, 0.15) is 17.2 Å². The molecule has 0 heterocycles. The third-order valence-electron chi connectivity index (χ3n) is 4.92. The van der Waals surface area contributed by atoms with Crippen molar-refractivity contribution in [1.82, 2.24) is 0 Å². The molecular weight excluding hydrogens is 436 g/mol. The van der Waals surface area contributed by atoms with Gasteiger partial charge in [-0.1, -0.05) is 54.1 Å². The Labute approximate surface area is 199 Å². The minimum Gasteiger partial charge on any atom is -0.497 e. The highest BCUT2D eigenvalue weighted by Gasteiger charge is 2.09. The molecular formula is C28H25ClO4. The summed E-state index contributed by atoms with van der Waals surface area (Å²) < 4.78 is 16.2. The van der Waals surface area contributed by atoms with Crippen molar-refractivity contribution in [2.45, 2.75) is 0 Å². The van der Waals surface area contributed by atoms with Gasteiger partial charge in [-0.15, -0.1) is 0 Å². The van der Waals surface area contributed by atoms with Crippen LogP contribution < -0.4 is 14.2 Å². The van der Waals surface area contributed by atoms with Crippen molar-refractivity contribution in [3.63, 3.8) is 0 Å². The molecule has 3 rings (SSSR count). The molecule has 0 spiro atoms. The number of ketones is 1. The zero-order valence-electron chi connectivity index (χ0n) is 18.7. The van der Waals surface area contributed by atoms with Crippen LogP contribution in [0.1, 0.15) is 22.3 Å². The summed E-state index contributed by atoms with van der Waals surface area (Å²) in [6.07, 6.45) is 10.4. The molecule has 5 heteroatoms. The van der Waals surface area contributed by atoms with E-state index in [0.717, 1.165) is 28.0 Å². The first kappa shape index (κ1) is 23.9. The average molecular weight is 461 g/mol. The van der Waals surface area contributed by atoms with Crippen molar-refractivity contribution in [2.75, 3.05) is 21.3 Å². The number of allylic oxidation sites excluding steroid dienone is 2. The third kappa shape index (κ3) is 6.61. The lowest BCUT2D eigenvalue weighted by Gasteiger charge is -2.11. The van der Waals surface area contributed by atoms with Crippen LogP contribution in [0.4, 0.5) is 0 Å². The van der Waals surface area contributed by atoms with Crippen LogP contribution in [0.15, 0.2) is 72.8 Å². The van der Waals surface area contributed by atoms with Crippen molar-refractivity contribution in [1.29, 1.82) is 0 Å². The van der Waals surface area contributed by atoms with Crippen LogP contribution in [-0.2, 0) is 4.79 Å². The van der Waals surface area contributed by atoms with E-state index in [1.807, 2.05) is 60.7 Å². The second kappa shape index (κ2) is 11.7. The lowest BCUT2D eigenvalue weighted by atomic mass is 10.0. The van der Waals surface area contributed by atoms with E-state index in [1.54, 1.807) is 45.6 Å². The van der Waals surface area contributed by atoms with Gasteiger partial charge in [0, 0.05) is 16.7 Å². The van der Waals surface area contributed by atoms with E-state index in [4.69, 9.17) is 25.8 Å². The summed E-state index contributed by atoms with van der Waals surface area (Å²) in [6.45, 7) is 0. The fourth-order valence-corrected chi connectivity index (χ4v) is 3.33. The molecule has 0 aliphatic carbocycles. The van der Waals surface area contributed by atoms with Gasteiger partial charge in [0.25, 0.3) is 0 Å². The van der Waals surface area contributed by atoms with Crippen molar-refractivity contribution in [3.05, 3.63) is 100 Å². The summed E-state index contributed by atoms with van der Waals surface area (Å²) in [4.78, 5) is 12.5. The molecule has 0 saturated carbocycles. The van der Waals surface area contributed by atoms with Crippen LogP contribution in [0.25, 0.3) is 24.3 Å². The molecule has 0 radical (unpaired) electrons. The molecule has 0 amide bonds. The number of methoxy groups -OCH3 is 3. The van der Waals surface area contributed by atoms with E-state index in [2.05, 4.69) is 0 Å². The average Bonchev–Trinajstić information content (AvgIpc) is 2.85. The van der Waals surface area contributed by atoms with Crippen LogP contribution >= 0.6 is 11.6 Å². The molecule has 0 unspecified atom stereocenters. The quantitative estimate of drug-likeness (QED) is 0.259. The normalized spacial score (nSPS) is 11.4. The number of hydrogen-bond acceptors (Lipinski definition) is 4. The van der Waals surface area contributed by atoms with Gasteiger partial charge in [0.2, 0.25) is 0 Å². The van der Waals surface area contributed by atoms with Gasteiger partial charge < -0.3 is 14.2 Å². The van der Waals surface area contributed by atoms with Gasteiger partial charge in [0.15, 0.2) is 5.78 Å². The van der Waals surface area contributed by atoms with Gasteiger partial charge in [-0.05, 0) is 65.3 Å². The number of benzene rings is 3. The molecule has 0 aliphatic rings. The first-order valence-corrected chi connectivity index (χ1v) is 10.6. The van der Waals surface area contributed by atoms with Crippen molar-refractivity contribution in [3.8, 4) is 17.2 Å². The molecule has 0 saturated heterocycles. The Morgan fingerprint density at radius 3 is 2.09 bits per heavy atom. The maximum Gasteiger partial charge on any atom is 0.178 e. The van der Waals surface area contributed by atoms with Crippen LogP contribution in [0.3, 0.4) is 0 Å². The van der Waals surface area contributed by atoms with Crippen LogP contribution in [-0.4, -0.2) is 27.1 Å². The molecule has 0 bridgehead atoms. The number of halogens is 1. The van der Waals surface area contributed by atoms with Gasteiger partial charge in [-0.2, -0.15) is 0 Å². The van der Waals surface area contributed by atoms with Crippen molar-refractivity contribution < 1.29 is 19.0 Å². The summed E-state index contributed by atoms with van der Waals surface area (Å²) in [5.41, 5.74) is 3.40. The summed E-state index contributed by atoms with van der Waals surface area (Å²) in [5.74, 6) is 1.88. The number of carbonyl (C=O) groups is 1. The first-order chi connectivity index (χ1) is 16.0. The molecule has 168 valence electrons. The maximum atomic E-state index is 12.5. The second-order valence-corrected chi connectivity index (χ2v) is 7.44. The van der Waals surface area contributed by atoms with Crippen LogP contribution in [0, 0.1) is 0 Å². The number of ether oxygens (including phenoxy) is 3. The number of carbonyl (C=O) groups excluding carboxylic acids is 1. The summed E-state index contributed by atoms with van der Waals surface area (Å²) >= 11 is 6.15. The second-order valence-electron chi connectivity index (χ2n) is 7.03. The van der Waals surface area contributed by atoms with E-state index in [0.29, 0.717) is 16.5 Å². The third-order valence-corrected chi connectivity index (χ3v) is 5.27. The Balaban J connectivity index is 1.89. The van der Waals surface area contributed by atoms with Gasteiger partial charge >= 0.3 is 0 Å². The van der Waals surface area contributed by atoms with Crippen LogP contribution in [0.5, 0.6) is 17.2 Å². The van der Waals surface area contributed by atoms with Crippen molar-refractivity contribution in [2.24, 2.45) is 0 Å². The van der Waals surface area contributed by atoms with Crippen molar-refractivity contribution >= 4 is 41.7 Å². The Kier molecular flexibility index (Phi) is 8.50. The fraction of sp³-hybridized carbons (Fsp3) is 0.107. The predicted octanol–water partition coefficient (Wildman–Crippen LogP) is 6.83. The highest BCUT2D eigenvalue weighted by atomic mass is 35.5. The summed E-state index contributed by atoms with van der Waals surface area (Å²) in [6, 6.07) is 18.8. The fourth-order valence-electron chi connectivity index (χ4n) is 3.13. The predicted molar refractivity (Wildman–Crippen MR) is 136 cm³/mol. The number of hydrogen-bond donors (Lipinski definition) is 0. The molecule has 0 aliphatic heterocycles. The molecule has 4 nitrogen and oxygen atoms in total. The topological polar surface area (TPSA) is 44.8 Å². The molecule has 0 aromatic heterocycles. The van der Waals surface area contributed by atoms with E-state index in [9.17, 15) is 4.79 Å². The molecule has 0 fully saturated rings. The van der Waals surface area contributed by atoms with E-state index in [1.165, 1.54) is 12.2 Å². The lowest BCUT2D eigenvalue weighted by molar-refractivity contribution is -0.110. The highest BCUT2D eigenvalue weighted by molar-refractivity contribution is 6.32.